The number of benzene rings is 1. The largest absolute Gasteiger partial charge is 0.478 e. The Morgan fingerprint density at radius 3 is 2.90 bits per heavy atom. The monoisotopic (exact) mass is 305 g/mol. The number of hydrogen-bond acceptors (Lipinski definition) is 5. The SMILES string of the molecule is NCCc1nc(C(=O)NCc2cccc(C(=O)O)c2)cs1. The second kappa shape index (κ2) is 6.96. The van der Waals surface area contributed by atoms with Crippen molar-refractivity contribution < 1.29 is 14.7 Å². The Labute approximate surface area is 125 Å². The predicted octanol–water partition coefficient (Wildman–Crippen LogP) is 1.27. The van der Waals surface area contributed by atoms with Crippen molar-refractivity contribution in [2.24, 2.45) is 5.73 Å². The van der Waals surface area contributed by atoms with E-state index in [4.69, 9.17) is 10.8 Å². The second-order valence-corrected chi connectivity index (χ2v) is 5.30. The average molecular weight is 305 g/mol. The van der Waals surface area contributed by atoms with Crippen molar-refractivity contribution in [2.75, 3.05) is 6.54 Å². The Balaban J connectivity index is 1.97. The van der Waals surface area contributed by atoms with Crippen molar-refractivity contribution in [3.05, 3.63) is 51.5 Å². The third-order valence-corrected chi connectivity index (χ3v) is 3.68. The van der Waals surface area contributed by atoms with Gasteiger partial charge in [0.05, 0.1) is 10.6 Å². The average Bonchev–Trinajstić information content (AvgIpc) is 2.94. The van der Waals surface area contributed by atoms with E-state index in [1.165, 1.54) is 23.5 Å². The quantitative estimate of drug-likeness (QED) is 0.745. The highest BCUT2D eigenvalue weighted by Crippen LogP contribution is 2.10. The van der Waals surface area contributed by atoms with Crippen molar-refractivity contribution in [1.82, 2.24) is 10.3 Å². The molecule has 0 unspecified atom stereocenters. The number of carboxylic acids is 1. The first-order valence-electron chi connectivity index (χ1n) is 6.35. The van der Waals surface area contributed by atoms with Gasteiger partial charge in [-0.05, 0) is 24.2 Å². The minimum Gasteiger partial charge on any atom is -0.478 e. The Hall–Kier alpha value is -2.25. The second-order valence-electron chi connectivity index (χ2n) is 4.35. The summed E-state index contributed by atoms with van der Waals surface area (Å²) in [6.07, 6.45) is 0.651. The van der Waals surface area contributed by atoms with E-state index in [9.17, 15) is 9.59 Å². The molecular weight excluding hydrogens is 290 g/mol. The minimum atomic E-state index is -0.992. The minimum absolute atomic E-state index is 0.195. The number of hydrogen-bond donors (Lipinski definition) is 3. The smallest absolute Gasteiger partial charge is 0.335 e. The molecule has 21 heavy (non-hydrogen) atoms. The Kier molecular flexibility index (Phi) is 5.02. The van der Waals surface area contributed by atoms with Crippen LogP contribution in [-0.2, 0) is 13.0 Å². The molecule has 0 aliphatic rings. The summed E-state index contributed by atoms with van der Waals surface area (Å²) < 4.78 is 0. The van der Waals surface area contributed by atoms with Gasteiger partial charge in [0.15, 0.2) is 0 Å². The molecule has 2 aromatic rings. The molecular formula is C14H15N3O3S. The predicted molar refractivity (Wildman–Crippen MR) is 79.4 cm³/mol. The first-order chi connectivity index (χ1) is 10.1. The van der Waals surface area contributed by atoms with Crippen molar-refractivity contribution in [3.8, 4) is 0 Å². The molecule has 0 radical (unpaired) electrons. The molecule has 0 spiro atoms. The van der Waals surface area contributed by atoms with Crippen LogP contribution in [0.4, 0.5) is 0 Å². The molecule has 0 bridgehead atoms. The van der Waals surface area contributed by atoms with E-state index in [1.54, 1.807) is 17.5 Å². The lowest BCUT2D eigenvalue weighted by Gasteiger charge is -2.04. The topological polar surface area (TPSA) is 105 Å². The third kappa shape index (κ3) is 4.11. The van der Waals surface area contributed by atoms with Gasteiger partial charge < -0.3 is 16.2 Å². The van der Waals surface area contributed by atoms with E-state index in [1.807, 2.05) is 0 Å². The van der Waals surface area contributed by atoms with Gasteiger partial charge in [-0.15, -0.1) is 11.3 Å². The number of carboxylic acid groups (broad SMARTS) is 1. The Morgan fingerprint density at radius 2 is 2.19 bits per heavy atom. The number of thiazole rings is 1. The van der Waals surface area contributed by atoms with Crippen LogP contribution < -0.4 is 11.1 Å². The number of rotatable bonds is 6. The number of aromatic nitrogens is 1. The van der Waals surface area contributed by atoms with Gasteiger partial charge in [-0.3, -0.25) is 4.79 Å². The number of nitrogens with two attached hydrogens (primary N) is 1. The van der Waals surface area contributed by atoms with Crippen LogP contribution in [0.1, 0.15) is 31.4 Å². The molecule has 0 aliphatic heterocycles. The van der Waals surface area contributed by atoms with Crippen LogP contribution in [0.3, 0.4) is 0 Å². The summed E-state index contributed by atoms with van der Waals surface area (Å²) >= 11 is 1.40. The van der Waals surface area contributed by atoms with Crippen LogP contribution in [0.2, 0.25) is 0 Å². The summed E-state index contributed by atoms with van der Waals surface area (Å²) in [6.45, 7) is 0.750. The molecule has 0 aliphatic carbocycles. The van der Waals surface area contributed by atoms with E-state index in [0.717, 1.165) is 10.6 Å². The molecule has 4 N–H and O–H groups in total. The van der Waals surface area contributed by atoms with Crippen LogP contribution in [0, 0.1) is 0 Å². The van der Waals surface area contributed by atoms with E-state index in [2.05, 4.69) is 10.3 Å². The van der Waals surface area contributed by atoms with Crippen molar-refractivity contribution >= 4 is 23.2 Å². The molecule has 0 saturated carbocycles. The van der Waals surface area contributed by atoms with E-state index >= 15 is 0 Å². The molecule has 2 rings (SSSR count). The van der Waals surface area contributed by atoms with Crippen LogP contribution in [0.5, 0.6) is 0 Å². The molecule has 1 aromatic heterocycles. The number of nitrogens with one attached hydrogen (secondary N) is 1. The molecule has 7 heteroatoms. The zero-order valence-electron chi connectivity index (χ0n) is 11.2. The van der Waals surface area contributed by atoms with E-state index < -0.39 is 5.97 Å². The van der Waals surface area contributed by atoms with Gasteiger partial charge in [0, 0.05) is 18.3 Å². The van der Waals surface area contributed by atoms with Crippen molar-refractivity contribution in [3.63, 3.8) is 0 Å². The molecule has 1 amide bonds. The highest BCUT2D eigenvalue weighted by molar-refractivity contribution is 7.09. The number of nitrogens with zero attached hydrogens (tertiary/aromatic N) is 1. The number of amides is 1. The zero-order chi connectivity index (χ0) is 15.2. The normalized spacial score (nSPS) is 10.3. The van der Waals surface area contributed by atoms with Crippen LogP contribution in [-0.4, -0.2) is 28.5 Å². The van der Waals surface area contributed by atoms with Gasteiger partial charge in [-0.25, -0.2) is 9.78 Å². The first-order valence-corrected chi connectivity index (χ1v) is 7.23. The van der Waals surface area contributed by atoms with Crippen LogP contribution >= 0.6 is 11.3 Å². The lowest BCUT2D eigenvalue weighted by atomic mass is 10.1. The molecule has 0 atom stereocenters. The van der Waals surface area contributed by atoms with Crippen molar-refractivity contribution in [1.29, 1.82) is 0 Å². The van der Waals surface area contributed by atoms with Crippen LogP contribution in [0.25, 0.3) is 0 Å². The summed E-state index contributed by atoms with van der Waals surface area (Å²) in [5.41, 5.74) is 6.71. The maximum atomic E-state index is 11.9. The molecule has 0 saturated heterocycles. The van der Waals surface area contributed by atoms with E-state index in [0.29, 0.717) is 18.7 Å². The van der Waals surface area contributed by atoms with Gasteiger partial charge in [0.25, 0.3) is 5.91 Å². The third-order valence-electron chi connectivity index (χ3n) is 2.77. The number of carbonyl (C=O) groups is 2. The van der Waals surface area contributed by atoms with Crippen molar-refractivity contribution in [2.45, 2.75) is 13.0 Å². The van der Waals surface area contributed by atoms with E-state index in [-0.39, 0.29) is 18.0 Å². The van der Waals surface area contributed by atoms with Gasteiger partial charge in [-0.1, -0.05) is 12.1 Å². The maximum Gasteiger partial charge on any atom is 0.335 e. The standard InChI is InChI=1S/C14H15N3O3S/c15-5-4-12-17-11(8-21-12)13(18)16-7-9-2-1-3-10(6-9)14(19)20/h1-3,6,8H,4-5,7,15H2,(H,16,18)(H,19,20). The van der Waals surface area contributed by atoms with Gasteiger partial charge in [-0.2, -0.15) is 0 Å². The Bertz CT molecular complexity index is 654. The summed E-state index contributed by atoms with van der Waals surface area (Å²) in [7, 11) is 0. The lowest BCUT2D eigenvalue weighted by molar-refractivity contribution is 0.0696. The van der Waals surface area contributed by atoms with Crippen LogP contribution in [0.15, 0.2) is 29.6 Å². The summed E-state index contributed by atoms with van der Waals surface area (Å²) in [4.78, 5) is 27.0. The fourth-order valence-corrected chi connectivity index (χ4v) is 2.53. The fraction of sp³-hybridized carbons (Fsp3) is 0.214. The molecule has 1 aromatic carbocycles. The Morgan fingerprint density at radius 1 is 1.38 bits per heavy atom. The van der Waals surface area contributed by atoms with Gasteiger partial charge in [0.2, 0.25) is 0 Å². The molecule has 6 nitrogen and oxygen atoms in total. The highest BCUT2D eigenvalue weighted by atomic mass is 32.1. The zero-order valence-corrected chi connectivity index (χ0v) is 12.0. The maximum absolute atomic E-state index is 11.9. The fourth-order valence-electron chi connectivity index (χ4n) is 1.74. The molecule has 110 valence electrons. The summed E-state index contributed by atoms with van der Waals surface area (Å²) in [5, 5.41) is 14.1. The first kappa shape index (κ1) is 15.1. The summed E-state index contributed by atoms with van der Waals surface area (Å²) in [6, 6.07) is 6.44. The summed E-state index contributed by atoms with van der Waals surface area (Å²) in [5.74, 6) is -1.27. The lowest BCUT2D eigenvalue weighted by Crippen LogP contribution is -2.23. The van der Waals surface area contributed by atoms with Gasteiger partial charge in [0.1, 0.15) is 5.69 Å². The van der Waals surface area contributed by atoms with Gasteiger partial charge >= 0.3 is 5.97 Å². The molecule has 0 fully saturated rings. The highest BCUT2D eigenvalue weighted by Gasteiger charge is 2.10. The molecule has 1 heterocycles. The number of aromatic carboxylic acids is 1. The number of carbonyl (C=O) groups excluding carboxylic acids is 1.